The second-order valence-corrected chi connectivity index (χ2v) is 27.8. The first-order valence-corrected chi connectivity index (χ1v) is 36.0. The lowest BCUT2D eigenvalue weighted by molar-refractivity contribution is -0.150. The number of carbonyl (C=O) groups excluding carboxylic acids is 11. The average molecular weight is 1450 g/mol. The number of anilines is 1. The fraction of sp³-hybridized carbons (Fsp3) is 0.542. The van der Waals surface area contributed by atoms with E-state index >= 15 is 0 Å². The molecule has 10 rings (SSSR count). The first-order valence-electron chi connectivity index (χ1n) is 35.6. The van der Waals surface area contributed by atoms with E-state index in [0.29, 0.717) is 125 Å². The van der Waals surface area contributed by atoms with E-state index in [2.05, 4.69) is 26.6 Å². The number of amides is 10. The molecule has 8 atom stereocenters. The number of ether oxygens (including phenoxy) is 2. The predicted molar refractivity (Wildman–Crippen MR) is 374 cm³/mol. The van der Waals surface area contributed by atoms with Crippen molar-refractivity contribution in [1.82, 2.24) is 50.7 Å². The minimum Gasteiger partial charge on any atom is -0.508 e. The summed E-state index contributed by atoms with van der Waals surface area (Å²) in [7, 11) is 0. The predicted octanol–water partition coefficient (Wildman–Crippen LogP) is 2.86. The van der Waals surface area contributed by atoms with Crippen LogP contribution in [0.5, 0.6) is 23.0 Å². The number of aromatic hydroxyl groups is 2. The molecule has 103 heavy (non-hydrogen) atoms. The van der Waals surface area contributed by atoms with Crippen LogP contribution in [-0.4, -0.2) is 233 Å². The van der Waals surface area contributed by atoms with Gasteiger partial charge in [-0.05, 0) is 165 Å². The molecule has 7 aliphatic rings. The van der Waals surface area contributed by atoms with E-state index in [9.17, 15) is 78.0 Å². The summed E-state index contributed by atoms with van der Waals surface area (Å²) >= 11 is 5.69. The zero-order valence-electron chi connectivity index (χ0n) is 57.9. The summed E-state index contributed by atoms with van der Waals surface area (Å²) in [6.07, 6.45) is 8.94. The fourth-order valence-corrected chi connectivity index (χ4v) is 15.2. The molecule has 3 aromatic rings. The Kier molecular flexibility index (Phi) is 24.9. The van der Waals surface area contributed by atoms with E-state index in [-0.39, 0.29) is 98.8 Å². The summed E-state index contributed by atoms with van der Waals surface area (Å²) in [5, 5.41) is 55.2. The minimum atomic E-state index is -1.60. The van der Waals surface area contributed by atoms with Gasteiger partial charge in [-0.2, -0.15) is 0 Å². The van der Waals surface area contributed by atoms with Gasteiger partial charge < -0.3 is 91.6 Å². The van der Waals surface area contributed by atoms with Crippen molar-refractivity contribution in [3.8, 4) is 23.0 Å². The number of aliphatic hydroxyl groups excluding tert-OH is 1. The quantitative estimate of drug-likeness (QED) is 0.0452. The summed E-state index contributed by atoms with van der Waals surface area (Å²) in [6.45, 7) is 3.04. The Morgan fingerprint density at radius 1 is 0.689 bits per heavy atom. The number of carboxylic acids is 1. The molecule has 554 valence electrons. The van der Waals surface area contributed by atoms with E-state index in [1.54, 1.807) is 35.2 Å². The SMILES string of the molecule is C[C@@H]1NC(=O)[C@H]([C@@H](C)O)NC(=O)[C@@H]2CCCN2C(=O)CN(C(=O)[C@@H]2CCCN2C(=O)CCCCNC(=S)Nc2ccc3c(c2)C2(OC3=O)c3ccc(O)cc3Oc3cc(O)ccc32)CC/C=C/CCCCCCN(CC(=O)N[C@@H](CCC(=O)O)C(N)=O)C(=O)[C@@H]2CCCN2C(=O)[C@@H]2CCCN2C1=O. The van der Waals surface area contributed by atoms with Gasteiger partial charge in [0.25, 0.3) is 0 Å². The van der Waals surface area contributed by atoms with Gasteiger partial charge in [-0.1, -0.05) is 25.0 Å². The van der Waals surface area contributed by atoms with E-state index < -0.39 is 139 Å². The Bertz CT molecular complexity index is 3760. The minimum absolute atomic E-state index is 0.0787. The van der Waals surface area contributed by atoms with Gasteiger partial charge in [-0.3, -0.25) is 52.7 Å². The van der Waals surface area contributed by atoms with Crippen LogP contribution in [0.15, 0.2) is 66.7 Å². The second-order valence-electron chi connectivity index (χ2n) is 27.4. The lowest BCUT2D eigenvalue weighted by atomic mass is 9.77. The smallest absolute Gasteiger partial charge is 0.340 e. The zero-order valence-corrected chi connectivity index (χ0v) is 58.8. The number of hydrogen-bond acceptors (Lipinski definition) is 18. The molecule has 0 unspecified atom stereocenters. The van der Waals surface area contributed by atoms with Gasteiger partial charge in [0, 0.05) is 93.2 Å². The number of aliphatic carboxylic acids is 1. The van der Waals surface area contributed by atoms with Crippen molar-refractivity contribution in [2.24, 2.45) is 5.73 Å². The Labute approximate surface area is 601 Å². The molecule has 7 heterocycles. The van der Waals surface area contributed by atoms with Crippen LogP contribution in [0.3, 0.4) is 0 Å². The number of allylic oxidation sites excluding steroid dienone is 1. The van der Waals surface area contributed by atoms with Crippen LogP contribution < -0.4 is 37.1 Å². The Balaban J connectivity index is 0.787. The fourth-order valence-electron chi connectivity index (χ4n) is 15.0. The lowest BCUT2D eigenvalue weighted by Gasteiger charge is -2.36. The Morgan fingerprint density at radius 3 is 2.01 bits per heavy atom. The number of hydrogen-bond donors (Lipinski definition) is 10. The number of carboxylic acid groups (broad SMARTS) is 1. The number of primary amides is 1. The Hall–Kier alpha value is -9.91. The van der Waals surface area contributed by atoms with Crippen molar-refractivity contribution in [3.05, 3.63) is 89.0 Å². The van der Waals surface area contributed by atoms with Crippen molar-refractivity contribution < 1.29 is 87.4 Å². The van der Waals surface area contributed by atoms with Crippen LogP contribution in [0.2, 0.25) is 0 Å². The molecule has 4 fully saturated rings. The third kappa shape index (κ3) is 17.6. The van der Waals surface area contributed by atoms with E-state index in [1.165, 1.54) is 62.6 Å². The van der Waals surface area contributed by atoms with Gasteiger partial charge in [0.2, 0.25) is 59.1 Å². The molecule has 11 N–H and O–H groups in total. The molecule has 0 aromatic heterocycles. The van der Waals surface area contributed by atoms with Crippen molar-refractivity contribution in [2.45, 2.75) is 190 Å². The van der Waals surface area contributed by atoms with E-state index in [0.717, 1.165) is 0 Å². The van der Waals surface area contributed by atoms with E-state index in [4.69, 9.17) is 27.4 Å². The number of benzene rings is 3. The van der Waals surface area contributed by atoms with Gasteiger partial charge in [-0.15, -0.1) is 0 Å². The molecule has 0 radical (unpaired) electrons. The van der Waals surface area contributed by atoms with Gasteiger partial charge in [-0.25, -0.2) is 4.79 Å². The highest BCUT2D eigenvalue weighted by Crippen LogP contribution is 2.57. The zero-order chi connectivity index (χ0) is 73.8. The molecule has 7 aliphatic heterocycles. The highest BCUT2D eigenvalue weighted by atomic mass is 32.1. The molecule has 1 spiro atoms. The second kappa shape index (κ2) is 33.9. The molecule has 10 amide bonds. The maximum atomic E-state index is 14.9. The molecule has 31 heteroatoms. The van der Waals surface area contributed by atoms with Crippen molar-refractivity contribution in [3.63, 3.8) is 0 Å². The summed E-state index contributed by atoms with van der Waals surface area (Å²) in [6, 6.07) is 5.83. The highest BCUT2D eigenvalue weighted by Gasteiger charge is 2.54. The number of phenolic OH excluding ortho intramolecular Hbond substituents is 2. The molecule has 30 nitrogen and oxygen atoms in total. The van der Waals surface area contributed by atoms with Crippen LogP contribution in [0, 0.1) is 0 Å². The number of phenols is 2. The molecule has 4 saturated heterocycles. The molecule has 0 aliphatic carbocycles. The standard InChI is InChI=1S/C72H92N12O18S/c1-42-66(96)83-35-16-20-55(83)69(99)84-36-15-19-54(84)68(98)79(40-58(88)77-51(63(73)93)28-29-61(91)92)31-11-7-5-3-4-6-8-12-32-80(41-60(90)81-33-13-17-52(81)64(94)78-62(43(2)85)65(95)75-42)67(97)53-18-14-34-82(53)59(89)21-9-10-30-74-71(103)76-44-22-25-47-50(37-44)72(102-70(47)100)48-26-23-45(86)38-56(48)101-57-39-46(87)24-27-49(57)72/h6,8,22-27,37-39,42-43,51-55,62,85-87H,3-5,7,9-21,28-36,40-41H2,1-2H3,(H2,73,93)(H,75,95)(H,77,88)(H,78,94)(H,91,92)(H2,74,76,103)/b8-6+/t42-,43+,51-,52-,53-,54-,55-,62-/m0/s1. The van der Waals surface area contributed by atoms with Gasteiger partial charge in [0.1, 0.15) is 65.3 Å². The van der Waals surface area contributed by atoms with Crippen LogP contribution in [0.1, 0.15) is 163 Å². The third-order valence-corrected chi connectivity index (χ3v) is 20.4. The van der Waals surface area contributed by atoms with Crippen LogP contribution in [-0.2, 0) is 63.1 Å². The largest absolute Gasteiger partial charge is 0.508 e. The van der Waals surface area contributed by atoms with Crippen molar-refractivity contribution >= 4 is 94.0 Å². The molecular weight excluding hydrogens is 1350 g/mol. The van der Waals surface area contributed by atoms with Crippen LogP contribution in [0.4, 0.5) is 5.69 Å². The topological polar surface area (TPSA) is 410 Å². The number of nitrogens with one attached hydrogen (secondary N) is 5. The maximum Gasteiger partial charge on any atom is 0.340 e. The summed E-state index contributed by atoms with van der Waals surface area (Å²) < 4.78 is 12.3. The number of carbonyl (C=O) groups is 12. The number of thiocarbonyl (C=S) groups is 1. The highest BCUT2D eigenvalue weighted by molar-refractivity contribution is 7.80. The molecule has 0 saturated carbocycles. The average Bonchev–Trinajstić information content (AvgIpc) is 1.62. The number of nitrogens with two attached hydrogens (primary N) is 1. The third-order valence-electron chi connectivity index (χ3n) is 20.2. The van der Waals surface area contributed by atoms with Crippen LogP contribution in [0.25, 0.3) is 0 Å². The van der Waals surface area contributed by atoms with Crippen molar-refractivity contribution in [2.75, 3.05) is 64.2 Å². The lowest BCUT2D eigenvalue weighted by Crippen LogP contribution is -2.60. The molecular formula is C72H92N12O18S. The summed E-state index contributed by atoms with van der Waals surface area (Å²) in [5.74, 6) is -7.74. The number of unbranched alkanes of at least 4 members (excludes halogenated alkanes) is 1. The number of fused-ring (bicyclic) bond motifs is 9. The normalized spacial score (nSPS) is 23.7. The van der Waals surface area contributed by atoms with Gasteiger partial charge in [0.05, 0.1) is 24.8 Å². The van der Waals surface area contributed by atoms with Crippen molar-refractivity contribution in [1.29, 1.82) is 0 Å². The van der Waals surface area contributed by atoms with Gasteiger partial charge >= 0.3 is 11.9 Å². The first-order chi connectivity index (χ1) is 49.3. The summed E-state index contributed by atoms with van der Waals surface area (Å²) in [4.78, 5) is 174. The number of likely N-dealkylation sites (tertiary alicyclic amines) is 1. The maximum absolute atomic E-state index is 14.9. The molecule has 0 bridgehead atoms. The first kappa shape index (κ1) is 75.7. The Morgan fingerprint density at radius 2 is 1.33 bits per heavy atom. The van der Waals surface area contributed by atoms with Gasteiger partial charge in [0.15, 0.2) is 10.7 Å². The van der Waals surface area contributed by atoms with Crippen LogP contribution >= 0.6 is 12.2 Å². The summed E-state index contributed by atoms with van der Waals surface area (Å²) in [5.41, 5.74) is 6.24. The monoisotopic (exact) mass is 1440 g/mol. The molecule has 3 aromatic carbocycles. The number of esters is 1. The van der Waals surface area contributed by atoms with E-state index in [1.807, 2.05) is 12.2 Å². The number of nitrogens with zero attached hydrogens (tertiary/aromatic N) is 6. The number of aliphatic hydroxyl groups is 1. The number of rotatable bonds is 15.